The van der Waals surface area contributed by atoms with Crippen LogP contribution in [0.25, 0.3) is 10.9 Å². The molecule has 5 nitrogen and oxygen atoms in total. The molecule has 0 aliphatic carbocycles. The van der Waals surface area contributed by atoms with Gasteiger partial charge in [0.2, 0.25) is 0 Å². The lowest BCUT2D eigenvalue weighted by atomic mass is 9.86. The Morgan fingerprint density at radius 1 is 1.45 bits per heavy atom. The predicted molar refractivity (Wildman–Crippen MR) is 83.0 cm³/mol. The lowest BCUT2D eigenvalue weighted by molar-refractivity contribution is -0.148. The Hall–Kier alpha value is -1.85. The molecular weight excluding hydrogens is 282 g/mol. The molecule has 1 aliphatic heterocycles. The molecule has 0 saturated carbocycles. The Morgan fingerprint density at radius 2 is 2.27 bits per heavy atom. The molecule has 1 aromatic heterocycles. The molecule has 0 saturated heterocycles. The van der Waals surface area contributed by atoms with Crippen molar-refractivity contribution < 1.29 is 19.7 Å². The first-order valence-electron chi connectivity index (χ1n) is 7.71. The fourth-order valence-corrected chi connectivity index (χ4v) is 3.52. The van der Waals surface area contributed by atoms with Crippen molar-refractivity contribution in [2.45, 2.75) is 38.2 Å². The van der Waals surface area contributed by atoms with Crippen LogP contribution < -0.4 is 0 Å². The molecule has 2 aromatic rings. The van der Waals surface area contributed by atoms with E-state index in [0.717, 1.165) is 34.1 Å². The smallest absolute Gasteiger partial charge is 0.306 e. The number of hydrogen-bond donors (Lipinski definition) is 3. The van der Waals surface area contributed by atoms with Crippen molar-refractivity contribution in [1.29, 1.82) is 0 Å². The van der Waals surface area contributed by atoms with Gasteiger partial charge < -0.3 is 19.9 Å². The zero-order valence-electron chi connectivity index (χ0n) is 12.7. The van der Waals surface area contributed by atoms with Gasteiger partial charge in [-0.15, -0.1) is 0 Å². The summed E-state index contributed by atoms with van der Waals surface area (Å²) in [5.41, 5.74) is 3.31. The number of H-pyrrole nitrogens is 1. The van der Waals surface area contributed by atoms with E-state index in [4.69, 9.17) is 4.74 Å². The van der Waals surface area contributed by atoms with Crippen LogP contribution in [-0.4, -0.2) is 34.4 Å². The van der Waals surface area contributed by atoms with Crippen molar-refractivity contribution in [2.75, 3.05) is 13.2 Å². The van der Waals surface area contributed by atoms with Gasteiger partial charge in [0.15, 0.2) is 0 Å². The van der Waals surface area contributed by atoms with E-state index in [1.54, 1.807) is 0 Å². The van der Waals surface area contributed by atoms with E-state index in [1.165, 1.54) is 0 Å². The highest BCUT2D eigenvalue weighted by atomic mass is 16.5. The Balaban J connectivity index is 2.20. The second-order valence-corrected chi connectivity index (χ2v) is 5.81. The molecule has 0 spiro atoms. The van der Waals surface area contributed by atoms with Crippen LogP contribution in [0.4, 0.5) is 0 Å². The summed E-state index contributed by atoms with van der Waals surface area (Å²) in [4.78, 5) is 14.7. The van der Waals surface area contributed by atoms with E-state index < -0.39 is 11.6 Å². The predicted octanol–water partition coefficient (Wildman–Crippen LogP) is 2.36. The summed E-state index contributed by atoms with van der Waals surface area (Å²) in [5, 5.41) is 19.6. The van der Waals surface area contributed by atoms with Gasteiger partial charge in [-0.1, -0.05) is 25.1 Å². The standard InChI is InChI=1S/C17H21NO4/c1-2-17(10-14(20)21)16-13(7-9-22-17)12-5-3-4-11(6-8-19)15(12)18-16/h3-5,18-19H,2,6-10H2,1H3,(H,20,21). The van der Waals surface area contributed by atoms with Crippen LogP contribution in [0.2, 0.25) is 0 Å². The SMILES string of the molecule is CCC1(CC(=O)O)OCCc2c1[nH]c1c(CCO)cccc21. The topological polar surface area (TPSA) is 82.5 Å². The molecule has 0 bridgehead atoms. The van der Waals surface area contributed by atoms with E-state index >= 15 is 0 Å². The first-order valence-corrected chi connectivity index (χ1v) is 7.71. The van der Waals surface area contributed by atoms with Gasteiger partial charge in [0, 0.05) is 17.5 Å². The van der Waals surface area contributed by atoms with Crippen LogP contribution >= 0.6 is 0 Å². The number of carbonyl (C=O) groups is 1. The summed E-state index contributed by atoms with van der Waals surface area (Å²) in [6, 6.07) is 6.03. The van der Waals surface area contributed by atoms with Gasteiger partial charge in [0.25, 0.3) is 0 Å². The third-order valence-corrected chi connectivity index (χ3v) is 4.60. The van der Waals surface area contributed by atoms with Crippen LogP contribution in [0.3, 0.4) is 0 Å². The zero-order valence-corrected chi connectivity index (χ0v) is 12.7. The second-order valence-electron chi connectivity index (χ2n) is 5.81. The number of aliphatic hydroxyl groups excluding tert-OH is 1. The minimum Gasteiger partial charge on any atom is -0.481 e. The number of aromatic amines is 1. The molecule has 0 radical (unpaired) electrons. The molecule has 118 valence electrons. The Kier molecular flexibility index (Phi) is 3.93. The molecule has 3 N–H and O–H groups in total. The number of rotatable bonds is 5. The molecule has 0 fully saturated rings. The quantitative estimate of drug-likeness (QED) is 0.792. The highest BCUT2D eigenvalue weighted by Crippen LogP contribution is 2.42. The van der Waals surface area contributed by atoms with Crippen LogP contribution in [0, 0.1) is 0 Å². The maximum absolute atomic E-state index is 11.3. The Labute approximate surface area is 128 Å². The summed E-state index contributed by atoms with van der Waals surface area (Å²) in [5.74, 6) is -0.857. The first-order chi connectivity index (χ1) is 10.6. The minimum atomic E-state index is -0.857. The molecular formula is C17H21NO4. The Bertz CT molecular complexity index is 706. The van der Waals surface area contributed by atoms with Crippen molar-refractivity contribution in [2.24, 2.45) is 0 Å². The van der Waals surface area contributed by atoms with E-state index in [9.17, 15) is 15.0 Å². The lowest BCUT2D eigenvalue weighted by Crippen LogP contribution is -2.37. The molecule has 5 heteroatoms. The number of aliphatic hydroxyl groups is 1. The van der Waals surface area contributed by atoms with Crippen molar-refractivity contribution in [3.8, 4) is 0 Å². The van der Waals surface area contributed by atoms with E-state index in [-0.39, 0.29) is 13.0 Å². The van der Waals surface area contributed by atoms with Gasteiger partial charge in [0.1, 0.15) is 5.60 Å². The third-order valence-electron chi connectivity index (χ3n) is 4.60. The van der Waals surface area contributed by atoms with Crippen LogP contribution in [0.5, 0.6) is 0 Å². The van der Waals surface area contributed by atoms with Crippen LogP contribution in [0.1, 0.15) is 36.6 Å². The number of ether oxygens (including phenoxy) is 1. The number of benzene rings is 1. The Morgan fingerprint density at radius 3 is 2.95 bits per heavy atom. The average Bonchev–Trinajstić information content (AvgIpc) is 2.88. The van der Waals surface area contributed by atoms with Crippen LogP contribution in [0.15, 0.2) is 18.2 Å². The molecule has 22 heavy (non-hydrogen) atoms. The highest BCUT2D eigenvalue weighted by Gasteiger charge is 2.40. The maximum atomic E-state index is 11.3. The normalized spacial score (nSPS) is 21.0. The summed E-state index contributed by atoms with van der Waals surface area (Å²) in [7, 11) is 0. The maximum Gasteiger partial charge on any atom is 0.306 e. The fraction of sp³-hybridized carbons (Fsp3) is 0.471. The molecule has 0 amide bonds. The number of hydrogen-bond acceptors (Lipinski definition) is 3. The van der Waals surface area contributed by atoms with Gasteiger partial charge in [-0.25, -0.2) is 0 Å². The highest BCUT2D eigenvalue weighted by molar-refractivity contribution is 5.88. The monoisotopic (exact) mass is 303 g/mol. The molecule has 1 aromatic carbocycles. The molecule has 1 aliphatic rings. The summed E-state index contributed by atoms with van der Waals surface area (Å²) in [6.07, 6.45) is 1.92. The molecule has 2 heterocycles. The lowest BCUT2D eigenvalue weighted by Gasteiger charge is -2.35. The van der Waals surface area contributed by atoms with Gasteiger partial charge in [0.05, 0.1) is 18.7 Å². The summed E-state index contributed by atoms with van der Waals surface area (Å²) in [6.45, 7) is 2.58. The molecule has 3 rings (SSSR count). The number of aliphatic carboxylic acids is 1. The first kappa shape index (κ1) is 15.1. The van der Waals surface area contributed by atoms with Crippen molar-refractivity contribution in [1.82, 2.24) is 4.98 Å². The number of aromatic nitrogens is 1. The van der Waals surface area contributed by atoms with E-state index in [1.807, 2.05) is 19.1 Å². The number of fused-ring (bicyclic) bond motifs is 3. The summed E-state index contributed by atoms with van der Waals surface area (Å²) < 4.78 is 5.92. The second kappa shape index (κ2) is 5.74. The third kappa shape index (κ3) is 2.30. The number of carboxylic acids is 1. The minimum absolute atomic E-state index is 0.0430. The van der Waals surface area contributed by atoms with Crippen molar-refractivity contribution in [3.63, 3.8) is 0 Å². The zero-order chi connectivity index (χ0) is 15.7. The van der Waals surface area contributed by atoms with Gasteiger partial charge >= 0.3 is 5.97 Å². The number of para-hydroxylation sites is 1. The van der Waals surface area contributed by atoms with Gasteiger partial charge in [-0.2, -0.15) is 0 Å². The average molecular weight is 303 g/mol. The van der Waals surface area contributed by atoms with Crippen LogP contribution in [-0.2, 0) is 28.0 Å². The van der Waals surface area contributed by atoms with Crippen molar-refractivity contribution in [3.05, 3.63) is 35.0 Å². The molecule has 1 unspecified atom stereocenters. The summed E-state index contributed by atoms with van der Waals surface area (Å²) >= 11 is 0. The number of carboxylic acid groups (broad SMARTS) is 1. The molecule has 1 atom stereocenters. The number of nitrogens with one attached hydrogen (secondary N) is 1. The van der Waals surface area contributed by atoms with E-state index in [0.29, 0.717) is 19.4 Å². The van der Waals surface area contributed by atoms with E-state index in [2.05, 4.69) is 11.1 Å². The van der Waals surface area contributed by atoms with Gasteiger partial charge in [-0.3, -0.25) is 4.79 Å². The van der Waals surface area contributed by atoms with Crippen molar-refractivity contribution >= 4 is 16.9 Å². The van der Waals surface area contributed by atoms with Gasteiger partial charge in [-0.05, 0) is 30.4 Å². The largest absolute Gasteiger partial charge is 0.481 e. The fourth-order valence-electron chi connectivity index (χ4n) is 3.52.